The van der Waals surface area contributed by atoms with Crippen LogP contribution < -0.4 is 5.73 Å². The number of carbonyl (C=O) groups is 1. The molecule has 0 fully saturated rings. The van der Waals surface area contributed by atoms with E-state index in [-0.39, 0.29) is 5.97 Å². The van der Waals surface area contributed by atoms with Crippen LogP contribution in [-0.4, -0.2) is 12.2 Å². The Balaban J connectivity index is 3.44. The number of hydrogen-bond donors (Lipinski definition) is 1. The Kier molecular flexibility index (Phi) is 4.03. The van der Waals surface area contributed by atoms with Gasteiger partial charge in [-0.3, -0.25) is 10.5 Å². The summed E-state index contributed by atoms with van der Waals surface area (Å²) < 4.78 is 4.70. The lowest BCUT2D eigenvalue weighted by molar-refractivity contribution is -0.148. The number of esters is 1. The Hall–Kier alpha value is -0.570. The van der Waals surface area contributed by atoms with Gasteiger partial charge in [0.2, 0.25) is 0 Å². The highest BCUT2D eigenvalue weighted by Crippen LogP contribution is 2.01. The fraction of sp³-hybridized carbons (Fsp3) is 0.857. The second-order valence-electron chi connectivity index (χ2n) is 2.79. The van der Waals surface area contributed by atoms with E-state index in [0.717, 1.165) is 0 Å². The zero-order chi connectivity index (χ0) is 8.15. The minimum Gasteiger partial charge on any atom is -0.447 e. The van der Waals surface area contributed by atoms with E-state index in [1.165, 1.54) is 0 Å². The van der Waals surface area contributed by atoms with Crippen molar-refractivity contribution in [1.82, 2.24) is 0 Å². The van der Waals surface area contributed by atoms with Gasteiger partial charge >= 0.3 is 5.97 Å². The van der Waals surface area contributed by atoms with Crippen molar-refractivity contribution < 1.29 is 9.53 Å². The van der Waals surface area contributed by atoms with Crippen LogP contribution >= 0.6 is 0 Å². The van der Waals surface area contributed by atoms with Crippen LogP contribution in [0.3, 0.4) is 0 Å². The van der Waals surface area contributed by atoms with Crippen molar-refractivity contribution in [2.45, 2.75) is 33.4 Å². The van der Waals surface area contributed by atoms with Crippen LogP contribution in [0, 0.1) is 5.92 Å². The highest BCUT2D eigenvalue weighted by atomic mass is 16.5. The summed E-state index contributed by atoms with van der Waals surface area (Å²) in [5.41, 5.74) is 5.23. The van der Waals surface area contributed by atoms with E-state index in [2.05, 4.69) is 0 Å². The van der Waals surface area contributed by atoms with Crippen LogP contribution in [-0.2, 0) is 9.53 Å². The molecule has 0 aromatic rings. The predicted octanol–water partition coefficient (Wildman–Crippen LogP) is 0.880. The lowest BCUT2D eigenvalue weighted by Crippen LogP contribution is -2.23. The van der Waals surface area contributed by atoms with Crippen molar-refractivity contribution in [2.75, 3.05) is 0 Å². The molecule has 1 unspecified atom stereocenters. The predicted molar refractivity (Wildman–Crippen MR) is 39.2 cm³/mol. The first-order valence-electron chi connectivity index (χ1n) is 3.47. The van der Waals surface area contributed by atoms with Gasteiger partial charge in [-0.15, -0.1) is 0 Å². The van der Waals surface area contributed by atoms with Crippen molar-refractivity contribution in [2.24, 2.45) is 11.7 Å². The van der Waals surface area contributed by atoms with Crippen LogP contribution in [0.2, 0.25) is 0 Å². The van der Waals surface area contributed by atoms with E-state index in [1.54, 1.807) is 6.92 Å². The van der Waals surface area contributed by atoms with Gasteiger partial charge in [-0.2, -0.15) is 0 Å². The zero-order valence-electron chi connectivity index (χ0n) is 6.76. The van der Waals surface area contributed by atoms with E-state index >= 15 is 0 Å². The van der Waals surface area contributed by atoms with Crippen LogP contribution in [0.25, 0.3) is 0 Å². The second-order valence-corrected chi connectivity index (χ2v) is 2.79. The highest BCUT2D eigenvalue weighted by molar-refractivity contribution is 5.69. The van der Waals surface area contributed by atoms with Crippen molar-refractivity contribution in [1.29, 1.82) is 0 Å². The topological polar surface area (TPSA) is 52.3 Å². The molecule has 60 valence electrons. The molecule has 0 aliphatic heterocycles. The average Bonchev–Trinajstić information content (AvgIpc) is 1.58. The quantitative estimate of drug-likeness (QED) is 0.473. The average molecular weight is 145 g/mol. The number of rotatable bonds is 3. The molecule has 0 saturated carbocycles. The Morgan fingerprint density at radius 1 is 1.50 bits per heavy atom. The van der Waals surface area contributed by atoms with Gasteiger partial charge < -0.3 is 4.74 Å². The van der Waals surface area contributed by atoms with Crippen molar-refractivity contribution in [3.05, 3.63) is 0 Å². The van der Waals surface area contributed by atoms with Gasteiger partial charge in [-0.1, -0.05) is 13.8 Å². The molecule has 0 spiro atoms. The number of hydrogen-bond acceptors (Lipinski definition) is 3. The van der Waals surface area contributed by atoms with E-state index in [4.69, 9.17) is 10.5 Å². The Morgan fingerprint density at radius 2 is 2.00 bits per heavy atom. The first-order chi connectivity index (χ1) is 4.52. The maximum atomic E-state index is 10.8. The van der Waals surface area contributed by atoms with Crippen molar-refractivity contribution in [3.8, 4) is 0 Å². The molecule has 0 rings (SSSR count). The first-order valence-corrected chi connectivity index (χ1v) is 3.47. The largest absolute Gasteiger partial charge is 0.447 e. The van der Waals surface area contributed by atoms with Gasteiger partial charge in [0.05, 0.1) is 0 Å². The Bertz CT molecular complexity index is 98.2. The number of nitrogens with two attached hydrogens (primary N) is 1. The molecule has 0 radical (unpaired) electrons. The minimum atomic E-state index is -0.480. The molecule has 0 aliphatic rings. The van der Waals surface area contributed by atoms with Gasteiger partial charge in [0.25, 0.3) is 0 Å². The summed E-state index contributed by atoms with van der Waals surface area (Å²) in [6, 6.07) is 0. The normalized spacial score (nSPS) is 13.3. The van der Waals surface area contributed by atoms with E-state index in [0.29, 0.717) is 12.3 Å². The molecule has 0 heterocycles. The number of ether oxygens (including phenoxy) is 1. The molecule has 0 aromatic heterocycles. The lowest BCUT2D eigenvalue weighted by Gasteiger charge is -2.08. The molecular weight excluding hydrogens is 130 g/mol. The summed E-state index contributed by atoms with van der Waals surface area (Å²) >= 11 is 0. The minimum absolute atomic E-state index is 0.218. The van der Waals surface area contributed by atoms with Gasteiger partial charge in [0, 0.05) is 6.42 Å². The van der Waals surface area contributed by atoms with E-state index < -0.39 is 6.23 Å². The Morgan fingerprint density at radius 3 is 2.30 bits per heavy atom. The monoisotopic (exact) mass is 145 g/mol. The fourth-order valence-electron chi connectivity index (χ4n) is 0.589. The van der Waals surface area contributed by atoms with Crippen molar-refractivity contribution >= 4 is 5.97 Å². The van der Waals surface area contributed by atoms with Crippen molar-refractivity contribution in [3.63, 3.8) is 0 Å². The summed E-state index contributed by atoms with van der Waals surface area (Å²) in [6.07, 6.45) is -0.0344. The molecule has 2 N–H and O–H groups in total. The molecule has 0 saturated heterocycles. The smallest absolute Gasteiger partial charge is 0.307 e. The van der Waals surface area contributed by atoms with Crippen LogP contribution in [0.15, 0.2) is 0 Å². The van der Waals surface area contributed by atoms with Gasteiger partial charge in [0.15, 0.2) is 0 Å². The molecule has 0 aliphatic carbocycles. The number of carbonyl (C=O) groups excluding carboxylic acids is 1. The molecule has 1 atom stereocenters. The highest BCUT2D eigenvalue weighted by Gasteiger charge is 2.06. The fourth-order valence-corrected chi connectivity index (χ4v) is 0.589. The standard InChI is InChI=1S/C7H15NO2/c1-5(2)4-7(9)10-6(3)8/h5-6H,4,8H2,1-3H3. The van der Waals surface area contributed by atoms with Crippen LogP contribution in [0.5, 0.6) is 0 Å². The molecule has 3 heteroatoms. The van der Waals surface area contributed by atoms with E-state index in [1.807, 2.05) is 13.8 Å². The maximum absolute atomic E-state index is 10.8. The van der Waals surface area contributed by atoms with Gasteiger partial charge in [-0.25, -0.2) is 0 Å². The molecule has 0 bridgehead atoms. The third-order valence-electron chi connectivity index (χ3n) is 0.892. The van der Waals surface area contributed by atoms with Gasteiger partial charge in [0.1, 0.15) is 6.23 Å². The van der Waals surface area contributed by atoms with Gasteiger partial charge in [-0.05, 0) is 12.8 Å². The molecule has 3 nitrogen and oxygen atoms in total. The zero-order valence-corrected chi connectivity index (χ0v) is 6.76. The maximum Gasteiger partial charge on any atom is 0.307 e. The second kappa shape index (κ2) is 4.28. The molecule has 0 amide bonds. The summed E-state index contributed by atoms with van der Waals surface area (Å²) in [5.74, 6) is 0.122. The summed E-state index contributed by atoms with van der Waals surface area (Å²) in [5, 5.41) is 0. The Labute approximate surface area is 61.5 Å². The molecule has 0 aromatic carbocycles. The van der Waals surface area contributed by atoms with Crippen LogP contribution in [0.1, 0.15) is 27.2 Å². The summed E-state index contributed by atoms with van der Waals surface area (Å²) in [4.78, 5) is 10.8. The van der Waals surface area contributed by atoms with Crippen LogP contribution in [0.4, 0.5) is 0 Å². The third-order valence-corrected chi connectivity index (χ3v) is 0.892. The summed E-state index contributed by atoms with van der Waals surface area (Å²) in [6.45, 7) is 5.56. The first kappa shape index (κ1) is 9.43. The SMILES string of the molecule is CC(C)CC(=O)OC(C)N. The van der Waals surface area contributed by atoms with E-state index in [9.17, 15) is 4.79 Å². The molecule has 10 heavy (non-hydrogen) atoms. The third kappa shape index (κ3) is 5.56. The lowest BCUT2D eigenvalue weighted by atomic mass is 10.1. The molecular formula is C7H15NO2. The summed E-state index contributed by atoms with van der Waals surface area (Å²) in [7, 11) is 0.